The van der Waals surface area contributed by atoms with Crippen LogP contribution >= 0.6 is 0 Å². The van der Waals surface area contributed by atoms with Crippen LogP contribution in [0.25, 0.3) is 0 Å². The minimum absolute atomic E-state index is 0.000795. The third kappa shape index (κ3) is 3.70. The highest BCUT2D eigenvalue weighted by Crippen LogP contribution is 2.24. The summed E-state index contributed by atoms with van der Waals surface area (Å²) in [5.41, 5.74) is 2.85. The smallest absolute Gasteiger partial charge is 0.317 e. The molecule has 0 aliphatic carbocycles. The number of ether oxygens (including phenoxy) is 1. The fourth-order valence-electron chi connectivity index (χ4n) is 3.35. The molecule has 1 aromatic rings. The van der Waals surface area contributed by atoms with Gasteiger partial charge >= 0.3 is 6.03 Å². The predicted molar refractivity (Wildman–Crippen MR) is 87.0 cm³/mol. The molecular formula is C17H27N3O2. The van der Waals surface area contributed by atoms with E-state index in [1.807, 2.05) is 18.7 Å². The van der Waals surface area contributed by atoms with E-state index in [-0.39, 0.29) is 6.03 Å². The fourth-order valence-corrected chi connectivity index (χ4v) is 3.35. The molecule has 1 saturated heterocycles. The molecule has 2 amide bonds. The third-order valence-electron chi connectivity index (χ3n) is 4.31. The highest BCUT2D eigenvalue weighted by molar-refractivity contribution is 5.74. The van der Waals surface area contributed by atoms with Crippen LogP contribution in [0.3, 0.4) is 0 Å². The molecule has 1 aromatic heterocycles. The average Bonchev–Trinajstić information content (AvgIpc) is 2.45. The number of carbonyl (C=O) groups is 1. The van der Waals surface area contributed by atoms with Crippen LogP contribution in [0, 0.1) is 25.7 Å². The molecule has 5 heteroatoms. The predicted octanol–water partition coefficient (Wildman–Crippen LogP) is 2.89. The summed E-state index contributed by atoms with van der Waals surface area (Å²) in [7, 11) is 1.66. The van der Waals surface area contributed by atoms with Gasteiger partial charge in [0.2, 0.25) is 0 Å². The van der Waals surface area contributed by atoms with E-state index in [1.54, 1.807) is 13.3 Å². The number of carbonyl (C=O) groups excluding carboxylic acids is 1. The average molecular weight is 305 g/mol. The van der Waals surface area contributed by atoms with Gasteiger partial charge in [0.1, 0.15) is 5.75 Å². The highest BCUT2D eigenvalue weighted by Gasteiger charge is 2.25. The van der Waals surface area contributed by atoms with Crippen molar-refractivity contribution in [1.82, 2.24) is 15.2 Å². The molecule has 2 unspecified atom stereocenters. The Morgan fingerprint density at radius 3 is 2.59 bits per heavy atom. The number of piperidine rings is 1. The number of rotatable bonds is 3. The zero-order valence-corrected chi connectivity index (χ0v) is 14.3. The molecule has 0 aromatic carbocycles. The maximum atomic E-state index is 12.4. The van der Waals surface area contributed by atoms with Crippen molar-refractivity contribution in [2.45, 2.75) is 40.7 Å². The van der Waals surface area contributed by atoms with Crippen molar-refractivity contribution >= 4 is 6.03 Å². The SMILES string of the molecule is COc1c(C)cnc(CNC(=O)N2CC(C)CC(C)C2)c1C. The van der Waals surface area contributed by atoms with Crippen molar-refractivity contribution in [2.24, 2.45) is 11.8 Å². The second-order valence-electron chi connectivity index (χ2n) is 6.56. The van der Waals surface area contributed by atoms with Gasteiger partial charge in [-0.2, -0.15) is 0 Å². The number of hydrogen-bond acceptors (Lipinski definition) is 3. The number of urea groups is 1. The quantitative estimate of drug-likeness (QED) is 0.934. The normalized spacial score (nSPS) is 21.6. The van der Waals surface area contributed by atoms with Gasteiger partial charge in [0, 0.05) is 30.4 Å². The van der Waals surface area contributed by atoms with Gasteiger partial charge in [0.25, 0.3) is 0 Å². The highest BCUT2D eigenvalue weighted by atomic mass is 16.5. The van der Waals surface area contributed by atoms with Crippen molar-refractivity contribution in [3.8, 4) is 5.75 Å². The molecule has 1 N–H and O–H groups in total. The lowest BCUT2D eigenvalue weighted by atomic mass is 9.92. The lowest BCUT2D eigenvalue weighted by Crippen LogP contribution is -2.47. The maximum absolute atomic E-state index is 12.4. The van der Waals surface area contributed by atoms with Crippen LogP contribution in [0.2, 0.25) is 0 Å². The molecule has 1 aliphatic heterocycles. The molecule has 122 valence electrons. The van der Waals surface area contributed by atoms with Crippen molar-refractivity contribution in [2.75, 3.05) is 20.2 Å². The summed E-state index contributed by atoms with van der Waals surface area (Å²) in [6, 6.07) is -0.000795. The van der Waals surface area contributed by atoms with E-state index in [4.69, 9.17) is 4.74 Å². The van der Waals surface area contributed by atoms with Gasteiger partial charge in [-0.05, 0) is 32.1 Å². The van der Waals surface area contributed by atoms with Crippen LogP contribution in [0.15, 0.2) is 6.20 Å². The van der Waals surface area contributed by atoms with E-state index in [0.717, 1.165) is 35.7 Å². The second-order valence-corrected chi connectivity index (χ2v) is 6.56. The van der Waals surface area contributed by atoms with Crippen molar-refractivity contribution in [3.63, 3.8) is 0 Å². The second kappa shape index (κ2) is 6.99. The number of aryl methyl sites for hydroxylation is 1. The number of aromatic nitrogens is 1. The van der Waals surface area contributed by atoms with Crippen LogP contribution in [0.5, 0.6) is 5.75 Å². The summed E-state index contributed by atoms with van der Waals surface area (Å²) in [5.74, 6) is 1.97. The Labute approximate surface area is 133 Å². The minimum atomic E-state index is -0.000795. The van der Waals surface area contributed by atoms with E-state index >= 15 is 0 Å². The standard InChI is InChI=1S/C17H27N3O2/c1-11-6-12(2)10-20(9-11)17(21)19-8-15-14(4)16(22-5)13(3)7-18-15/h7,11-12H,6,8-10H2,1-5H3,(H,19,21). The number of likely N-dealkylation sites (tertiary alicyclic amines) is 1. The number of hydrogen-bond donors (Lipinski definition) is 1. The summed E-state index contributed by atoms with van der Waals surface area (Å²) in [6.07, 6.45) is 2.98. The Bertz CT molecular complexity index is 535. The largest absolute Gasteiger partial charge is 0.496 e. The van der Waals surface area contributed by atoms with Crippen LogP contribution in [-0.2, 0) is 6.54 Å². The molecule has 2 atom stereocenters. The van der Waals surface area contributed by atoms with Gasteiger partial charge in [-0.15, -0.1) is 0 Å². The molecule has 2 heterocycles. The molecule has 0 spiro atoms. The molecule has 1 aliphatic rings. The number of pyridine rings is 1. The van der Waals surface area contributed by atoms with Gasteiger partial charge in [-0.25, -0.2) is 4.79 Å². The first kappa shape index (κ1) is 16.6. The van der Waals surface area contributed by atoms with E-state index < -0.39 is 0 Å². The molecular weight excluding hydrogens is 278 g/mol. The Balaban J connectivity index is 1.99. The monoisotopic (exact) mass is 305 g/mol. The Morgan fingerprint density at radius 1 is 1.36 bits per heavy atom. The van der Waals surface area contributed by atoms with Gasteiger partial charge in [0.05, 0.1) is 19.3 Å². The Morgan fingerprint density at radius 2 is 2.00 bits per heavy atom. The molecule has 0 radical (unpaired) electrons. The maximum Gasteiger partial charge on any atom is 0.317 e. The number of amides is 2. The molecule has 0 saturated carbocycles. The molecule has 5 nitrogen and oxygen atoms in total. The van der Waals surface area contributed by atoms with Crippen LogP contribution < -0.4 is 10.1 Å². The molecule has 2 rings (SSSR count). The lowest BCUT2D eigenvalue weighted by molar-refractivity contribution is 0.146. The topological polar surface area (TPSA) is 54.5 Å². The Kier molecular flexibility index (Phi) is 5.27. The fraction of sp³-hybridized carbons (Fsp3) is 0.647. The van der Waals surface area contributed by atoms with E-state index in [0.29, 0.717) is 18.4 Å². The van der Waals surface area contributed by atoms with Crippen LogP contribution in [0.1, 0.15) is 37.1 Å². The van der Waals surface area contributed by atoms with Gasteiger partial charge in [-0.1, -0.05) is 13.8 Å². The van der Waals surface area contributed by atoms with Gasteiger partial charge in [0.15, 0.2) is 0 Å². The summed E-state index contributed by atoms with van der Waals surface area (Å²) in [4.78, 5) is 18.7. The zero-order chi connectivity index (χ0) is 16.3. The Hall–Kier alpha value is -1.78. The van der Waals surface area contributed by atoms with E-state index in [2.05, 4.69) is 24.1 Å². The first-order chi connectivity index (χ1) is 10.4. The van der Waals surface area contributed by atoms with Gasteiger partial charge < -0.3 is 15.0 Å². The first-order valence-electron chi connectivity index (χ1n) is 7.94. The van der Waals surface area contributed by atoms with E-state index in [9.17, 15) is 4.79 Å². The van der Waals surface area contributed by atoms with Crippen LogP contribution in [0.4, 0.5) is 4.79 Å². The van der Waals surface area contributed by atoms with Crippen molar-refractivity contribution in [1.29, 1.82) is 0 Å². The third-order valence-corrected chi connectivity index (χ3v) is 4.31. The van der Waals surface area contributed by atoms with Gasteiger partial charge in [-0.3, -0.25) is 4.98 Å². The molecule has 0 bridgehead atoms. The summed E-state index contributed by atoms with van der Waals surface area (Å²) in [5, 5.41) is 2.99. The lowest BCUT2D eigenvalue weighted by Gasteiger charge is -2.34. The summed E-state index contributed by atoms with van der Waals surface area (Å²) >= 11 is 0. The number of nitrogens with one attached hydrogen (secondary N) is 1. The van der Waals surface area contributed by atoms with E-state index in [1.165, 1.54) is 6.42 Å². The summed E-state index contributed by atoms with van der Waals surface area (Å²) < 4.78 is 5.40. The number of methoxy groups -OCH3 is 1. The van der Waals surface area contributed by atoms with Crippen molar-refractivity contribution < 1.29 is 9.53 Å². The number of nitrogens with zero attached hydrogens (tertiary/aromatic N) is 2. The minimum Gasteiger partial charge on any atom is -0.496 e. The van der Waals surface area contributed by atoms with Crippen LogP contribution in [-0.4, -0.2) is 36.1 Å². The first-order valence-corrected chi connectivity index (χ1v) is 7.94. The summed E-state index contributed by atoms with van der Waals surface area (Å²) in [6.45, 7) is 10.4. The zero-order valence-electron chi connectivity index (χ0n) is 14.3. The van der Waals surface area contributed by atoms with Crippen molar-refractivity contribution in [3.05, 3.63) is 23.0 Å². The molecule has 22 heavy (non-hydrogen) atoms. The molecule has 1 fully saturated rings.